The first kappa shape index (κ1) is 33.9. The summed E-state index contributed by atoms with van der Waals surface area (Å²) in [6.45, 7) is 3.74. The van der Waals surface area contributed by atoms with Gasteiger partial charge in [-0.15, -0.1) is 0 Å². The zero-order chi connectivity index (χ0) is 33.0. The molecule has 0 aliphatic rings. The first-order valence-electron chi connectivity index (χ1n) is 14.5. The number of aryl methyl sites for hydroxylation is 1. The zero-order valence-electron chi connectivity index (χ0n) is 25.4. The van der Waals surface area contributed by atoms with E-state index in [9.17, 15) is 38.4 Å². The number of benzene rings is 4. The molecule has 1 unspecified atom stereocenters. The fourth-order valence-electron chi connectivity index (χ4n) is 5.99. The van der Waals surface area contributed by atoms with Gasteiger partial charge in [-0.25, -0.2) is 8.42 Å². The van der Waals surface area contributed by atoms with Crippen molar-refractivity contribution in [3.8, 4) is 0 Å². The van der Waals surface area contributed by atoms with Gasteiger partial charge in [0.05, 0.1) is 11.0 Å². The van der Waals surface area contributed by atoms with Gasteiger partial charge in [0.15, 0.2) is 5.78 Å². The van der Waals surface area contributed by atoms with E-state index in [1.54, 1.807) is 6.92 Å². The number of aliphatic hydroxyl groups excluding tert-OH is 1. The second kappa shape index (κ2) is 13.2. The maximum atomic E-state index is 13.4. The average molecular weight is 631 g/mol. The summed E-state index contributed by atoms with van der Waals surface area (Å²) in [5.41, 5.74) is -1.43. The summed E-state index contributed by atoms with van der Waals surface area (Å²) >= 11 is 0. The Labute approximate surface area is 263 Å². The summed E-state index contributed by atoms with van der Waals surface area (Å²) in [7, 11) is -5.23. The summed E-state index contributed by atoms with van der Waals surface area (Å²) < 4.78 is 26.9. The van der Waals surface area contributed by atoms with Crippen molar-refractivity contribution in [2.75, 3.05) is 0 Å². The van der Waals surface area contributed by atoms with Crippen molar-refractivity contribution in [1.82, 2.24) is 0 Å². The SMILES string of the molecule is CC(=O)[C@@H](CC(O)[C@@](O)(C(C)=O)C(O)(O)S(=O)(=O)c1ccc(C)cc1)CC(c1ccccc1)(c1ccccc1)c1ccccc1. The molecule has 0 bridgehead atoms. The lowest BCUT2D eigenvalue weighted by Crippen LogP contribution is -2.69. The van der Waals surface area contributed by atoms with Crippen LogP contribution in [0.4, 0.5) is 0 Å². The fourth-order valence-corrected chi connectivity index (χ4v) is 7.50. The molecule has 0 fully saturated rings. The Morgan fingerprint density at radius 1 is 0.689 bits per heavy atom. The van der Waals surface area contributed by atoms with E-state index in [2.05, 4.69) is 0 Å². The Balaban J connectivity index is 1.84. The Hall–Kier alpha value is -3.99. The van der Waals surface area contributed by atoms with E-state index in [1.165, 1.54) is 19.1 Å². The van der Waals surface area contributed by atoms with Crippen molar-refractivity contribution in [2.24, 2.45) is 5.92 Å². The number of sulfone groups is 1. The molecule has 0 heterocycles. The lowest BCUT2D eigenvalue weighted by atomic mass is 9.63. The zero-order valence-corrected chi connectivity index (χ0v) is 26.2. The monoisotopic (exact) mass is 630 g/mol. The summed E-state index contributed by atoms with van der Waals surface area (Å²) in [6, 6.07) is 33.3. The molecule has 0 amide bonds. The third-order valence-corrected chi connectivity index (χ3v) is 10.6. The topological polar surface area (TPSA) is 149 Å². The van der Waals surface area contributed by atoms with Crippen molar-refractivity contribution in [3.05, 3.63) is 138 Å². The van der Waals surface area contributed by atoms with E-state index in [4.69, 9.17) is 0 Å². The van der Waals surface area contributed by atoms with E-state index < -0.39 is 60.9 Å². The van der Waals surface area contributed by atoms with Gasteiger partial charge in [-0.2, -0.15) is 0 Å². The second-order valence-electron chi connectivity index (χ2n) is 11.5. The maximum Gasteiger partial charge on any atom is 0.313 e. The number of hydrogen-bond donors (Lipinski definition) is 4. The molecule has 8 nitrogen and oxygen atoms in total. The van der Waals surface area contributed by atoms with Gasteiger partial charge in [0.2, 0.25) is 15.4 Å². The molecule has 4 aromatic rings. The quantitative estimate of drug-likeness (QED) is 0.127. The molecule has 4 rings (SSSR count). The predicted molar refractivity (Wildman–Crippen MR) is 170 cm³/mol. The molecule has 0 saturated heterocycles. The molecule has 0 spiro atoms. The minimum atomic E-state index is -5.23. The van der Waals surface area contributed by atoms with Crippen molar-refractivity contribution < 1.29 is 38.4 Å². The van der Waals surface area contributed by atoms with E-state index >= 15 is 0 Å². The highest BCUT2D eigenvalue weighted by Crippen LogP contribution is 2.46. The van der Waals surface area contributed by atoms with Crippen LogP contribution in [0.1, 0.15) is 48.9 Å². The van der Waals surface area contributed by atoms with Crippen LogP contribution in [0.3, 0.4) is 0 Å². The molecule has 0 aromatic heterocycles. The van der Waals surface area contributed by atoms with E-state index in [0.717, 1.165) is 35.7 Å². The number of ketones is 2. The van der Waals surface area contributed by atoms with Crippen molar-refractivity contribution in [3.63, 3.8) is 0 Å². The number of hydrogen-bond acceptors (Lipinski definition) is 8. The van der Waals surface area contributed by atoms with Crippen molar-refractivity contribution in [2.45, 2.75) is 60.7 Å². The molecule has 9 heteroatoms. The van der Waals surface area contributed by atoms with Crippen LogP contribution in [-0.4, -0.2) is 57.2 Å². The number of carbonyl (C=O) groups excluding carboxylic acids is 2. The first-order chi connectivity index (χ1) is 21.2. The Morgan fingerprint density at radius 3 is 1.44 bits per heavy atom. The summed E-state index contributed by atoms with van der Waals surface area (Å²) in [5, 5.41) is 41.0. The predicted octanol–water partition coefficient (Wildman–Crippen LogP) is 4.11. The van der Waals surface area contributed by atoms with Gasteiger partial charge in [0.25, 0.3) is 0 Å². The molecule has 3 atom stereocenters. The van der Waals surface area contributed by atoms with Crippen LogP contribution >= 0.6 is 0 Å². The van der Waals surface area contributed by atoms with Gasteiger partial charge in [-0.3, -0.25) is 9.59 Å². The van der Waals surface area contributed by atoms with Crippen LogP contribution in [-0.2, 0) is 24.8 Å². The minimum Gasteiger partial charge on any atom is -0.389 e. The van der Waals surface area contributed by atoms with Crippen LogP contribution in [0, 0.1) is 12.8 Å². The highest BCUT2D eigenvalue weighted by molar-refractivity contribution is 7.92. The average Bonchev–Trinajstić information content (AvgIpc) is 3.03. The van der Waals surface area contributed by atoms with E-state index in [0.29, 0.717) is 5.56 Å². The molecular weight excluding hydrogens is 592 g/mol. The molecule has 236 valence electrons. The number of rotatable bonds is 13. The second-order valence-corrected chi connectivity index (χ2v) is 13.6. The van der Waals surface area contributed by atoms with Crippen molar-refractivity contribution in [1.29, 1.82) is 0 Å². The molecule has 0 aliphatic carbocycles. The normalized spacial score (nSPS) is 15.1. The smallest absolute Gasteiger partial charge is 0.313 e. The number of carbonyl (C=O) groups is 2. The summed E-state index contributed by atoms with van der Waals surface area (Å²) in [6.07, 6.45) is -3.01. The third-order valence-electron chi connectivity index (χ3n) is 8.66. The summed E-state index contributed by atoms with van der Waals surface area (Å²) in [4.78, 5) is 25.7. The molecule has 0 radical (unpaired) electrons. The number of Topliss-reactive ketones (excluding diaryl/α,β-unsaturated/α-hetero) is 2. The van der Waals surface area contributed by atoms with Crippen molar-refractivity contribution >= 4 is 21.4 Å². The van der Waals surface area contributed by atoms with E-state index in [-0.39, 0.29) is 6.42 Å². The van der Waals surface area contributed by atoms with Crippen LogP contribution in [0.15, 0.2) is 120 Å². The van der Waals surface area contributed by atoms with Crippen LogP contribution < -0.4 is 0 Å². The van der Waals surface area contributed by atoms with Gasteiger partial charge >= 0.3 is 5.12 Å². The molecule has 0 saturated carbocycles. The largest absolute Gasteiger partial charge is 0.389 e. The third kappa shape index (κ3) is 6.14. The lowest BCUT2D eigenvalue weighted by molar-refractivity contribution is -0.244. The maximum absolute atomic E-state index is 13.4. The molecular formula is C36H38O8S. The van der Waals surface area contributed by atoms with Gasteiger partial charge in [-0.05, 0) is 62.4 Å². The standard InChI is InChI=1S/C36H38O8S/c1-25-19-21-32(22-20-25)45(43,44)36(41,42)35(40,27(3)38)33(39)23-28(26(2)37)24-34(29-13-7-4-8-14-29,30-15-9-5-10-16-30)31-17-11-6-12-18-31/h4-22,28,33,39-42H,23-24H2,1-3H3/t28-,33?,35-/m0/s1. The highest BCUT2D eigenvalue weighted by atomic mass is 32.2. The Kier molecular flexibility index (Phi) is 9.91. The highest BCUT2D eigenvalue weighted by Gasteiger charge is 2.65. The summed E-state index contributed by atoms with van der Waals surface area (Å²) in [5.74, 6) is -2.92. The van der Waals surface area contributed by atoms with Gasteiger partial charge < -0.3 is 20.4 Å². The number of aliphatic hydroxyl groups is 4. The molecule has 0 aliphatic heterocycles. The van der Waals surface area contributed by atoms with Gasteiger partial charge in [0, 0.05) is 11.3 Å². The van der Waals surface area contributed by atoms with Crippen LogP contribution in [0.25, 0.3) is 0 Å². The Bertz CT molecular complexity index is 1620. The van der Waals surface area contributed by atoms with Gasteiger partial charge in [0.1, 0.15) is 5.78 Å². The van der Waals surface area contributed by atoms with Crippen LogP contribution in [0.5, 0.6) is 0 Å². The van der Waals surface area contributed by atoms with Gasteiger partial charge in [-0.1, -0.05) is 109 Å². The molecule has 45 heavy (non-hydrogen) atoms. The molecule has 4 N–H and O–H groups in total. The van der Waals surface area contributed by atoms with Crippen LogP contribution in [0.2, 0.25) is 0 Å². The molecule has 4 aromatic carbocycles. The Morgan fingerprint density at radius 2 is 1.09 bits per heavy atom. The lowest BCUT2D eigenvalue weighted by Gasteiger charge is -2.42. The van der Waals surface area contributed by atoms with E-state index in [1.807, 2.05) is 91.0 Å². The minimum absolute atomic E-state index is 0.0278. The fraction of sp³-hybridized carbons (Fsp3) is 0.278. The first-order valence-corrected chi connectivity index (χ1v) is 16.0.